The summed E-state index contributed by atoms with van der Waals surface area (Å²) in [5.74, 6) is -0.396. The van der Waals surface area contributed by atoms with Gasteiger partial charge >= 0.3 is 5.69 Å². The summed E-state index contributed by atoms with van der Waals surface area (Å²) in [7, 11) is 1.37. The van der Waals surface area contributed by atoms with Gasteiger partial charge in [-0.15, -0.1) is 0 Å². The molecule has 0 spiro atoms. The maximum Gasteiger partial charge on any atom is 0.332 e. The van der Waals surface area contributed by atoms with E-state index in [0.717, 1.165) is 28.1 Å². The molecule has 7 heteroatoms. The topological polar surface area (TPSA) is 91.5 Å². The van der Waals surface area contributed by atoms with Crippen LogP contribution in [-0.2, 0) is 13.6 Å². The Morgan fingerprint density at radius 3 is 2.28 bits per heavy atom. The van der Waals surface area contributed by atoms with Gasteiger partial charge in [0.15, 0.2) is 0 Å². The first-order chi connectivity index (χ1) is 11.9. The van der Waals surface area contributed by atoms with E-state index in [4.69, 9.17) is 5.73 Å². The van der Waals surface area contributed by atoms with Crippen LogP contribution in [0.25, 0.3) is 0 Å². The summed E-state index contributed by atoms with van der Waals surface area (Å²) in [6, 6.07) is 9.30. The fraction of sp³-hybridized carbons (Fsp3) is 0.389. The lowest BCUT2D eigenvalue weighted by Gasteiger charge is -2.17. The van der Waals surface area contributed by atoms with Crippen molar-refractivity contribution in [1.29, 1.82) is 0 Å². The van der Waals surface area contributed by atoms with Crippen molar-refractivity contribution in [2.24, 2.45) is 7.05 Å². The van der Waals surface area contributed by atoms with E-state index < -0.39 is 11.2 Å². The summed E-state index contributed by atoms with van der Waals surface area (Å²) in [4.78, 5) is 38.6. The zero-order chi connectivity index (χ0) is 18.6. The molecule has 0 amide bonds. The van der Waals surface area contributed by atoms with Crippen molar-refractivity contribution in [2.45, 2.75) is 20.4 Å². The van der Waals surface area contributed by atoms with Crippen molar-refractivity contribution in [3.63, 3.8) is 0 Å². The van der Waals surface area contributed by atoms with Crippen LogP contribution in [0.3, 0.4) is 0 Å². The number of nitrogens with one attached hydrogen (secondary N) is 1. The molecule has 0 saturated heterocycles. The number of anilines is 1. The number of benzene rings is 1. The standard InChI is InChI=1S/C18H24N4O3/c1-4-21(5-2)12-14(23)15-16(19)22(18(25)20(3)17(15)24)11-13-9-7-6-8-10-13/h6-10H,4-5,11-12,19H2,1-3H3/p+1. The van der Waals surface area contributed by atoms with Gasteiger partial charge < -0.3 is 10.6 Å². The van der Waals surface area contributed by atoms with Crippen molar-refractivity contribution in [3.05, 3.63) is 62.3 Å². The average molecular weight is 345 g/mol. The van der Waals surface area contributed by atoms with E-state index in [1.54, 1.807) is 0 Å². The highest BCUT2D eigenvalue weighted by Crippen LogP contribution is 2.08. The zero-order valence-electron chi connectivity index (χ0n) is 14.9. The number of aromatic nitrogens is 2. The van der Waals surface area contributed by atoms with E-state index in [9.17, 15) is 14.4 Å². The number of nitrogens with two attached hydrogens (primary N) is 1. The molecule has 0 fully saturated rings. The highest BCUT2D eigenvalue weighted by atomic mass is 16.2. The molecule has 1 aromatic heterocycles. The lowest BCUT2D eigenvalue weighted by Crippen LogP contribution is -3.12. The Morgan fingerprint density at radius 1 is 1.12 bits per heavy atom. The van der Waals surface area contributed by atoms with Crippen molar-refractivity contribution < 1.29 is 9.69 Å². The highest BCUT2D eigenvalue weighted by Gasteiger charge is 2.24. The van der Waals surface area contributed by atoms with Crippen molar-refractivity contribution in [3.8, 4) is 0 Å². The minimum absolute atomic E-state index is 0.0616. The molecule has 134 valence electrons. The van der Waals surface area contributed by atoms with Gasteiger partial charge in [-0.2, -0.15) is 0 Å². The SMILES string of the molecule is CC[NH+](CC)CC(=O)c1c(N)n(Cc2ccccc2)c(=O)n(C)c1=O. The van der Waals surface area contributed by atoms with Crippen LogP contribution in [0, 0.1) is 0 Å². The molecular formula is C18H25N4O3+. The molecule has 25 heavy (non-hydrogen) atoms. The Labute approximate surface area is 146 Å². The van der Waals surface area contributed by atoms with Crippen LogP contribution in [0.15, 0.2) is 39.9 Å². The van der Waals surface area contributed by atoms with Gasteiger partial charge in [-0.1, -0.05) is 30.3 Å². The molecular weight excluding hydrogens is 320 g/mol. The molecule has 0 aliphatic rings. The van der Waals surface area contributed by atoms with Crippen LogP contribution in [0.2, 0.25) is 0 Å². The van der Waals surface area contributed by atoms with E-state index in [-0.39, 0.29) is 30.3 Å². The predicted molar refractivity (Wildman–Crippen MR) is 97.1 cm³/mol. The molecule has 0 aliphatic carbocycles. The first kappa shape index (κ1) is 18.7. The van der Waals surface area contributed by atoms with Crippen LogP contribution in [0.5, 0.6) is 0 Å². The smallest absolute Gasteiger partial charge is 0.332 e. The number of rotatable bonds is 7. The Kier molecular flexibility index (Phi) is 5.93. The Balaban J connectivity index is 2.53. The van der Waals surface area contributed by atoms with Gasteiger partial charge in [0, 0.05) is 7.05 Å². The molecule has 2 aromatic rings. The molecule has 2 rings (SSSR count). The number of hydrogen-bond donors (Lipinski definition) is 2. The van der Waals surface area contributed by atoms with Gasteiger partial charge in [-0.05, 0) is 19.4 Å². The molecule has 0 aliphatic heterocycles. The van der Waals surface area contributed by atoms with E-state index in [1.165, 1.54) is 11.6 Å². The number of quaternary nitrogens is 1. The normalized spacial score (nSPS) is 11.0. The molecule has 1 heterocycles. The van der Waals surface area contributed by atoms with Gasteiger partial charge in [-0.25, -0.2) is 4.79 Å². The van der Waals surface area contributed by atoms with Crippen LogP contribution < -0.4 is 21.9 Å². The fourth-order valence-corrected chi connectivity index (χ4v) is 2.78. The van der Waals surface area contributed by atoms with E-state index in [1.807, 2.05) is 44.2 Å². The third-order valence-corrected chi connectivity index (χ3v) is 4.46. The van der Waals surface area contributed by atoms with E-state index in [2.05, 4.69) is 0 Å². The molecule has 0 unspecified atom stereocenters. The quantitative estimate of drug-likeness (QED) is 0.648. The largest absolute Gasteiger partial charge is 0.384 e. The summed E-state index contributed by atoms with van der Waals surface area (Å²) < 4.78 is 2.23. The Hall–Kier alpha value is -2.67. The molecule has 0 radical (unpaired) electrons. The van der Waals surface area contributed by atoms with Gasteiger partial charge in [-0.3, -0.25) is 18.7 Å². The van der Waals surface area contributed by atoms with Crippen LogP contribution in [0.4, 0.5) is 5.82 Å². The second-order valence-electron chi connectivity index (χ2n) is 6.04. The first-order valence-corrected chi connectivity index (χ1v) is 8.40. The summed E-state index contributed by atoms with van der Waals surface area (Å²) in [6.07, 6.45) is 0. The monoisotopic (exact) mass is 345 g/mol. The molecule has 1 aromatic carbocycles. The number of nitrogens with zero attached hydrogens (tertiary/aromatic N) is 2. The summed E-state index contributed by atoms with van der Waals surface area (Å²) in [5.41, 5.74) is 5.68. The maximum atomic E-state index is 12.7. The number of nitrogen functional groups attached to an aromatic ring is 1. The van der Waals surface area contributed by atoms with Crippen LogP contribution in [-0.4, -0.2) is 34.6 Å². The summed E-state index contributed by atoms with van der Waals surface area (Å²) in [5, 5.41) is 0. The second-order valence-corrected chi connectivity index (χ2v) is 6.04. The van der Waals surface area contributed by atoms with E-state index in [0.29, 0.717) is 0 Å². The summed E-state index contributed by atoms with van der Waals surface area (Å²) >= 11 is 0. The number of likely N-dealkylation sites (N-methyl/N-ethyl adjacent to an activating group) is 1. The molecule has 0 saturated carbocycles. The fourth-order valence-electron chi connectivity index (χ4n) is 2.78. The van der Waals surface area contributed by atoms with E-state index >= 15 is 0 Å². The first-order valence-electron chi connectivity index (χ1n) is 8.40. The lowest BCUT2D eigenvalue weighted by molar-refractivity contribution is -0.887. The van der Waals surface area contributed by atoms with Gasteiger partial charge in [0.25, 0.3) is 5.56 Å². The molecule has 7 nitrogen and oxygen atoms in total. The predicted octanol–water partition coefficient (Wildman–Crippen LogP) is -0.715. The minimum Gasteiger partial charge on any atom is -0.384 e. The average Bonchev–Trinajstić information content (AvgIpc) is 2.62. The number of ketones is 1. The number of hydrogen-bond acceptors (Lipinski definition) is 4. The van der Waals surface area contributed by atoms with Gasteiger partial charge in [0.2, 0.25) is 5.78 Å². The van der Waals surface area contributed by atoms with Crippen molar-refractivity contribution in [2.75, 3.05) is 25.4 Å². The third-order valence-electron chi connectivity index (χ3n) is 4.46. The van der Waals surface area contributed by atoms with Crippen molar-refractivity contribution in [1.82, 2.24) is 9.13 Å². The summed E-state index contributed by atoms with van der Waals surface area (Å²) in [6.45, 7) is 5.88. The minimum atomic E-state index is -0.636. The number of carbonyl (C=O) groups is 1. The number of carbonyl (C=O) groups excluding carboxylic acids is 1. The van der Waals surface area contributed by atoms with Gasteiger partial charge in [0.05, 0.1) is 19.6 Å². The van der Waals surface area contributed by atoms with Crippen LogP contribution >= 0.6 is 0 Å². The number of Topliss-reactive ketones (excluding diaryl/α,β-unsaturated/α-hetero) is 1. The van der Waals surface area contributed by atoms with Crippen molar-refractivity contribution >= 4 is 11.6 Å². The molecule has 0 atom stereocenters. The molecule has 3 N–H and O–H groups in total. The highest BCUT2D eigenvalue weighted by molar-refractivity contribution is 6.00. The lowest BCUT2D eigenvalue weighted by atomic mass is 10.1. The van der Waals surface area contributed by atoms with Gasteiger partial charge in [0.1, 0.15) is 17.9 Å². The third kappa shape index (κ3) is 3.88. The second kappa shape index (κ2) is 7.94. The van der Waals surface area contributed by atoms with Crippen LogP contribution in [0.1, 0.15) is 29.8 Å². The Morgan fingerprint density at radius 2 is 1.72 bits per heavy atom. The zero-order valence-corrected chi connectivity index (χ0v) is 14.9. The molecule has 0 bridgehead atoms. The maximum absolute atomic E-state index is 12.7. The Bertz CT molecular complexity index is 864.